The minimum absolute atomic E-state index is 0.0110. The van der Waals surface area contributed by atoms with E-state index in [9.17, 15) is 9.59 Å². The van der Waals surface area contributed by atoms with Gasteiger partial charge < -0.3 is 5.32 Å². The Morgan fingerprint density at radius 2 is 2.04 bits per heavy atom. The summed E-state index contributed by atoms with van der Waals surface area (Å²) in [6.07, 6.45) is 1.93. The first-order chi connectivity index (χ1) is 12.0. The number of nitrogens with one attached hydrogen (secondary N) is 1. The van der Waals surface area contributed by atoms with E-state index in [1.165, 1.54) is 11.3 Å². The van der Waals surface area contributed by atoms with Crippen molar-refractivity contribution >= 4 is 28.7 Å². The van der Waals surface area contributed by atoms with E-state index >= 15 is 0 Å². The van der Waals surface area contributed by atoms with E-state index in [0.717, 1.165) is 11.4 Å². The molecule has 3 rings (SSSR count). The number of nitrogens with zero attached hydrogens (tertiary/aromatic N) is 3. The second kappa shape index (κ2) is 7.40. The van der Waals surface area contributed by atoms with Crippen LogP contribution in [-0.4, -0.2) is 26.5 Å². The number of pyridine rings is 1. The van der Waals surface area contributed by atoms with Crippen LogP contribution in [-0.2, 0) is 4.79 Å². The number of thiophene rings is 1. The molecule has 0 saturated heterocycles. The van der Waals surface area contributed by atoms with Gasteiger partial charge in [0.15, 0.2) is 11.6 Å². The highest BCUT2D eigenvalue weighted by atomic mass is 32.1. The van der Waals surface area contributed by atoms with Crippen LogP contribution in [0.4, 0.5) is 5.69 Å². The van der Waals surface area contributed by atoms with Crippen LogP contribution in [0.2, 0.25) is 0 Å². The summed E-state index contributed by atoms with van der Waals surface area (Å²) in [6.45, 7) is 3.89. The number of carbonyl (C=O) groups is 2. The molecule has 3 aromatic heterocycles. The summed E-state index contributed by atoms with van der Waals surface area (Å²) < 4.78 is 1.75. The normalized spacial score (nSPS) is 10.6. The van der Waals surface area contributed by atoms with Gasteiger partial charge in [-0.25, -0.2) is 9.67 Å². The number of hydrogen-bond acceptors (Lipinski definition) is 5. The van der Waals surface area contributed by atoms with Crippen molar-refractivity contribution in [3.63, 3.8) is 0 Å². The van der Waals surface area contributed by atoms with E-state index < -0.39 is 0 Å². The topological polar surface area (TPSA) is 76.9 Å². The second-order valence-electron chi connectivity index (χ2n) is 5.69. The Morgan fingerprint density at radius 3 is 2.64 bits per heavy atom. The van der Waals surface area contributed by atoms with Crippen LogP contribution in [0.1, 0.15) is 33.9 Å². The number of aryl methyl sites for hydroxylation is 2. The van der Waals surface area contributed by atoms with Crippen LogP contribution < -0.4 is 5.32 Å². The Morgan fingerprint density at radius 1 is 1.20 bits per heavy atom. The molecule has 0 radical (unpaired) electrons. The van der Waals surface area contributed by atoms with Crippen LogP contribution in [0.25, 0.3) is 5.82 Å². The Balaban J connectivity index is 1.57. The summed E-state index contributed by atoms with van der Waals surface area (Å²) >= 11 is 1.39. The average Bonchev–Trinajstić information content (AvgIpc) is 3.23. The molecule has 0 spiro atoms. The predicted octanol–water partition coefficient (Wildman–Crippen LogP) is 3.55. The highest BCUT2D eigenvalue weighted by Crippen LogP contribution is 2.15. The zero-order valence-corrected chi connectivity index (χ0v) is 14.8. The fraction of sp³-hybridized carbons (Fsp3) is 0.222. The van der Waals surface area contributed by atoms with Gasteiger partial charge in [0.25, 0.3) is 0 Å². The average molecular weight is 354 g/mol. The molecule has 128 valence electrons. The maximum absolute atomic E-state index is 12.0. The molecule has 0 unspecified atom stereocenters. The van der Waals surface area contributed by atoms with Crippen molar-refractivity contribution < 1.29 is 9.59 Å². The molecule has 1 amide bonds. The summed E-state index contributed by atoms with van der Waals surface area (Å²) in [5.74, 6) is 0.477. The Kier molecular flexibility index (Phi) is 5.04. The van der Waals surface area contributed by atoms with Crippen molar-refractivity contribution in [3.05, 3.63) is 58.2 Å². The fourth-order valence-electron chi connectivity index (χ4n) is 2.46. The lowest BCUT2D eigenvalue weighted by molar-refractivity contribution is -0.116. The standard InChI is InChI=1S/C18H18N4O2S/c1-12-10-13(2)22(21-12)17-7-5-14(11-19-17)20-18(24)8-6-15(23)16-4-3-9-25-16/h3-5,7,9-11H,6,8H2,1-2H3,(H,20,24). The van der Waals surface area contributed by atoms with Crippen molar-refractivity contribution in [2.45, 2.75) is 26.7 Å². The minimum atomic E-state index is -0.203. The molecule has 3 heterocycles. The number of anilines is 1. The highest BCUT2D eigenvalue weighted by molar-refractivity contribution is 7.12. The molecule has 7 heteroatoms. The van der Waals surface area contributed by atoms with Crippen molar-refractivity contribution in [2.75, 3.05) is 5.32 Å². The number of hydrogen-bond donors (Lipinski definition) is 1. The van der Waals surface area contributed by atoms with Gasteiger partial charge in [0.05, 0.1) is 22.5 Å². The largest absolute Gasteiger partial charge is 0.325 e. The molecule has 25 heavy (non-hydrogen) atoms. The summed E-state index contributed by atoms with van der Waals surface area (Å²) in [4.78, 5) is 28.9. The third-order valence-electron chi connectivity index (χ3n) is 3.63. The van der Waals surface area contributed by atoms with E-state index in [0.29, 0.717) is 16.4 Å². The Labute approximate surface area is 149 Å². The molecule has 3 aromatic rings. The Hall–Kier alpha value is -2.80. The molecular formula is C18H18N4O2S. The lowest BCUT2D eigenvalue weighted by atomic mass is 10.2. The van der Waals surface area contributed by atoms with Gasteiger partial charge in [-0.05, 0) is 43.5 Å². The maximum atomic E-state index is 12.0. The minimum Gasteiger partial charge on any atom is -0.325 e. The van der Waals surface area contributed by atoms with E-state index in [4.69, 9.17) is 0 Å². The maximum Gasteiger partial charge on any atom is 0.224 e. The highest BCUT2D eigenvalue weighted by Gasteiger charge is 2.11. The molecular weight excluding hydrogens is 336 g/mol. The van der Waals surface area contributed by atoms with Gasteiger partial charge in [0.2, 0.25) is 5.91 Å². The van der Waals surface area contributed by atoms with Crippen LogP contribution >= 0.6 is 11.3 Å². The van der Waals surface area contributed by atoms with Crippen molar-refractivity contribution in [1.82, 2.24) is 14.8 Å². The first-order valence-electron chi connectivity index (χ1n) is 7.89. The molecule has 0 fully saturated rings. The fourth-order valence-corrected chi connectivity index (χ4v) is 3.15. The number of ketones is 1. The zero-order valence-electron chi connectivity index (χ0n) is 14.0. The molecule has 0 aromatic carbocycles. The predicted molar refractivity (Wildman–Crippen MR) is 97.3 cm³/mol. The van der Waals surface area contributed by atoms with E-state index in [1.807, 2.05) is 31.4 Å². The Bertz CT molecular complexity index is 882. The number of amides is 1. The number of carbonyl (C=O) groups excluding carboxylic acids is 2. The molecule has 0 bridgehead atoms. The van der Waals surface area contributed by atoms with E-state index in [1.54, 1.807) is 29.1 Å². The van der Waals surface area contributed by atoms with Crippen LogP contribution in [0.5, 0.6) is 0 Å². The van der Waals surface area contributed by atoms with Crippen molar-refractivity contribution in [1.29, 1.82) is 0 Å². The summed E-state index contributed by atoms with van der Waals surface area (Å²) in [5.41, 5.74) is 2.51. The van der Waals surface area contributed by atoms with Crippen molar-refractivity contribution in [2.24, 2.45) is 0 Å². The molecule has 1 N–H and O–H groups in total. The van der Waals surface area contributed by atoms with Gasteiger partial charge in [-0.1, -0.05) is 6.07 Å². The lowest BCUT2D eigenvalue weighted by Gasteiger charge is -2.07. The summed E-state index contributed by atoms with van der Waals surface area (Å²) in [5, 5.41) is 8.99. The monoisotopic (exact) mass is 354 g/mol. The molecule has 0 atom stereocenters. The van der Waals surface area contributed by atoms with Gasteiger partial charge in [-0.15, -0.1) is 11.3 Å². The molecule has 6 nitrogen and oxygen atoms in total. The second-order valence-corrected chi connectivity index (χ2v) is 6.64. The first-order valence-corrected chi connectivity index (χ1v) is 8.77. The van der Waals surface area contributed by atoms with Crippen LogP contribution in [0, 0.1) is 13.8 Å². The summed E-state index contributed by atoms with van der Waals surface area (Å²) in [7, 11) is 0. The smallest absolute Gasteiger partial charge is 0.224 e. The number of rotatable bonds is 6. The van der Waals surface area contributed by atoms with Crippen LogP contribution in [0.3, 0.4) is 0 Å². The number of aromatic nitrogens is 3. The quantitative estimate of drug-likeness (QED) is 0.687. The van der Waals surface area contributed by atoms with Gasteiger partial charge in [-0.2, -0.15) is 5.10 Å². The zero-order chi connectivity index (χ0) is 17.8. The summed E-state index contributed by atoms with van der Waals surface area (Å²) in [6, 6.07) is 9.14. The van der Waals surface area contributed by atoms with Gasteiger partial charge >= 0.3 is 0 Å². The van der Waals surface area contributed by atoms with Gasteiger partial charge in [0.1, 0.15) is 0 Å². The van der Waals surface area contributed by atoms with Crippen LogP contribution in [0.15, 0.2) is 41.9 Å². The van der Waals surface area contributed by atoms with E-state index in [-0.39, 0.29) is 24.5 Å². The molecule has 0 aliphatic carbocycles. The first kappa shape index (κ1) is 17.0. The third-order valence-corrected chi connectivity index (χ3v) is 4.54. The number of Topliss-reactive ketones (excluding diaryl/α,β-unsaturated/α-hetero) is 1. The van der Waals surface area contributed by atoms with E-state index in [2.05, 4.69) is 15.4 Å². The molecule has 0 aliphatic heterocycles. The lowest BCUT2D eigenvalue weighted by Crippen LogP contribution is -2.13. The van der Waals surface area contributed by atoms with Gasteiger partial charge in [0, 0.05) is 18.5 Å². The van der Waals surface area contributed by atoms with Gasteiger partial charge in [-0.3, -0.25) is 9.59 Å². The molecule has 0 aliphatic rings. The van der Waals surface area contributed by atoms with Crippen molar-refractivity contribution in [3.8, 4) is 5.82 Å². The molecule has 0 saturated carbocycles. The SMILES string of the molecule is Cc1cc(C)n(-c2ccc(NC(=O)CCC(=O)c3cccs3)cn2)n1. The third kappa shape index (κ3) is 4.19.